The van der Waals surface area contributed by atoms with Gasteiger partial charge in [-0.1, -0.05) is 0 Å². The molecule has 13 heavy (non-hydrogen) atoms. The molecule has 1 aromatic rings. The summed E-state index contributed by atoms with van der Waals surface area (Å²) in [6, 6.07) is 0. The Bertz CT molecular complexity index is 295. The van der Waals surface area contributed by atoms with Crippen LogP contribution in [0.1, 0.15) is 17.4 Å². The summed E-state index contributed by atoms with van der Waals surface area (Å²) in [6.07, 6.45) is 2.05. The molecule has 0 aliphatic carbocycles. The standard InChI is InChI=1S/C10H16NOS/c1-5-11(7-12-4)10-8(2)6-13-9(10)3/h5-6H,7H2,1-4H3/q+1. The van der Waals surface area contributed by atoms with E-state index < -0.39 is 0 Å². The zero-order valence-electron chi connectivity index (χ0n) is 8.63. The second-order valence-electron chi connectivity index (χ2n) is 2.97. The van der Waals surface area contributed by atoms with Gasteiger partial charge in [-0.3, -0.25) is 0 Å². The predicted molar refractivity (Wildman–Crippen MR) is 57.3 cm³/mol. The van der Waals surface area contributed by atoms with Gasteiger partial charge >= 0.3 is 0 Å². The molecule has 0 aliphatic heterocycles. The normalized spacial score (nSPS) is 12.2. The molecular formula is C10H16NOS+. The van der Waals surface area contributed by atoms with Crippen LogP contribution >= 0.6 is 11.3 Å². The van der Waals surface area contributed by atoms with Crippen LogP contribution < -0.4 is 0 Å². The highest BCUT2D eigenvalue weighted by atomic mass is 32.1. The smallest absolute Gasteiger partial charge is 0.252 e. The maximum Gasteiger partial charge on any atom is 0.252 e. The van der Waals surface area contributed by atoms with E-state index in [0.717, 1.165) is 0 Å². The molecule has 0 saturated heterocycles. The molecule has 72 valence electrons. The Labute approximate surface area is 83.5 Å². The molecule has 0 atom stereocenters. The van der Waals surface area contributed by atoms with E-state index >= 15 is 0 Å². The Hall–Kier alpha value is -0.670. The molecule has 0 spiro atoms. The van der Waals surface area contributed by atoms with Crippen molar-refractivity contribution in [3.63, 3.8) is 0 Å². The van der Waals surface area contributed by atoms with Crippen LogP contribution in [0.2, 0.25) is 0 Å². The van der Waals surface area contributed by atoms with Gasteiger partial charge in [-0.15, -0.1) is 11.3 Å². The lowest BCUT2D eigenvalue weighted by Crippen LogP contribution is -2.10. The summed E-state index contributed by atoms with van der Waals surface area (Å²) in [7, 11) is 1.72. The average Bonchev–Trinajstić information content (AvgIpc) is 2.43. The number of ether oxygens (including phenoxy) is 1. The van der Waals surface area contributed by atoms with Gasteiger partial charge in [0.1, 0.15) is 6.21 Å². The first-order chi connectivity index (χ1) is 6.20. The third kappa shape index (κ3) is 2.17. The van der Waals surface area contributed by atoms with Crippen LogP contribution in [0.15, 0.2) is 5.38 Å². The lowest BCUT2D eigenvalue weighted by molar-refractivity contribution is -0.484. The molecule has 3 heteroatoms. The van der Waals surface area contributed by atoms with Crippen molar-refractivity contribution in [2.24, 2.45) is 0 Å². The molecule has 0 aromatic carbocycles. The van der Waals surface area contributed by atoms with Gasteiger partial charge in [0.25, 0.3) is 6.73 Å². The number of methoxy groups -OCH3 is 1. The van der Waals surface area contributed by atoms with E-state index in [1.165, 1.54) is 16.1 Å². The summed E-state index contributed by atoms with van der Waals surface area (Å²) in [5, 5.41) is 2.18. The van der Waals surface area contributed by atoms with Crippen molar-refractivity contribution >= 4 is 23.2 Å². The third-order valence-electron chi connectivity index (χ3n) is 1.99. The Morgan fingerprint density at radius 2 is 2.23 bits per heavy atom. The lowest BCUT2D eigenvalue weighted by Gasteiger charge is -2.01. The molecule has 0 bridgehead atoms. The van der Waals surface area contributed by atoms with Gasteiger partial charge in [0, 0.05) is 25.0 Å². The number of hydrogen-bond acceptors (Lipinski definition) is 2. The van der Waals surface area contributed by atoms with Crippen molar-refractivity contribution in [2.75, 3.05) is 13.8 Å². The third-order valence-corrected chi connectivity index (χ3v) is 3.00. The molecule has 1 heterocycles. The zero-order valence-corrected chi connectivity index (χ0v) is 9.44. The minimum absolute atomic E-state index is 0.620. The van der Waals surface area contributed by atoms with E-state index in [2.05, 4.69) is 23.8 Å². The first-order valence-electron chi connectivity index (χ1n) is 4.30. The van der Waals surface area contributed by atoms with E-state index in [-0.39, 0.29) is 0 Å². The van der Waals surface area contributed by atoms with Gasteiger partial charge in [0.15, 0.2) is 0 Å². The maximum atomic E-state index is 5.13. The first kappa shape index (κ1) is 10.4. The quantitative estimate of drug-likeness (QED) is 0.413. The van der Waals surface area contributed by atoms with Gasteiger partial charge < -0.3 is 4.74 Å². The van der Waals surface area contributed by atoms with Crippen LogP contribution in [-0.2, 0) is 4.74 Å². The average molecular weight is 198 g/mol. The molecule has 0 N–H and O–H groups in total. The van der Waals surface area contributed by atoms with Crippen molar-refractivity contribution in [1.82, 2.24) is 0 Å². The Morgan fingerprint density at radius 1 is 1.54 bits per heavy atom. The molecule has 0 unspecified atom stereocenters. The van der Waals surface area contributed by atoms with Crippen molar-refractivity contribution in [2.45, 2.75) is 20.8 Å². The molecule has 2 nitrogen and oxygen atoms in total. The first-order valence-corrected chi connectivity index (χ1v) is 5.18. The monoisotopic (exact) mass is 198 g/mol. The van der Waals surface area contributed by atoms with Gasteiger partial charge in [0.05, 0.1) is 4.88 Å². The molecule has 0 aliphatic rings. The number of hydrogen-bond donors (Lipinski definition) is 0. The van der Waals surface area contributed by atoms with E-state index in [9.17, 15) is 0 Å². The van der Waals surface area contributed by atoms with Crippen molar-refractivity contribution in [3.8, 4) is 0 Å². The highest BCUT2D eigenvalue weighted by Crippen LogP contribution is 2.28. The molecule has 0 amide bonds. The summed E-state index contributed by atoms with van der Waals surface area (Å²) in [5.41, 5.74) is 2.60. The summed E-state index contributed by atoms with van der Waals surface area (Å²) < 4.78 is 7.25. The molecule has 1 aromatic heterocycles. The van der Waals surface area contributed by atoms with Crippen LogP contribution in [0.3, 0.4) is 0 Å². The Balaban J connectivity index is 3.04. The van der Waals surface area contributed by atoms with Crippen molar-refractivity contribution < 1.29 is 9.31 Å². The summed E-state index contributed by atoms with van der Waals surface area (Å²) in [5.74, 6) is 0. The lowest BCUT2D eigenvalue weighted by atomic mass is 10.3. The topological polar surface area (TPSA) is 12.2 Å². The Kier molecular flexibility index (Phi) is 3.63. The summed E-state index contributed by atoms with van der Waals surface area (Å²) >= 11 is 1.78. The number of rotatable bonds is 3. The van der Waals surface area contributed by atoms with Crippen molar-refractivity contribution in [1.29, 1.82) is 0 Å². The molecule has 1 rings (SSSR count). The SMILES string of the molecule is CC=[N+](COC)c1c(C)csc1C. The van der Waals surface area contributed by atoms with Gasteiger partial charge in [0.2, 0.25) is 5.69 Å². The highest BCUT2D eigenvalue weighted by molar-refractivity contribution is 7.10. The molecular weight excluding hydrogens is 182 g/mol. The summed E-state index contributed by atoms with van der Waals surface area (Å²) in [4.78, 5) is 1.34. The minimum Gasteiger partial charge on any atom is -0.327 e. The zero-order chi connectivity index (χ0) is 9.84. The van der Waals surface area contributed by atoms with Gasteiger partial charge in [-0.05, 0) is 13.8 Å². The maximum absolute atomic E-state index is 5.13. The highest BCUT2D eigenvalue weighted by Gasteiger charge is 2.16. The fraction of sp³-hybridized carbons (Fsp3) is 0.500. The van der Waals surface area contributed by atoms with E-state index in [0.29, 0.717) is 6.73 Å². The largest absolute Gasteiger partial charge is 0.327 e. The molecule has 0 fully saturated rings. The second kappa shape index (κ2) is 4.53. The van der Waals surface area contributed by atoms with E-state index in [4.69, 9.17) is 4.74 Å². The molecule has 0 radical (unpaired) electrons. The minimum atomic E-state index is 0.620. The van der Waals surface area contributed by atoms with Crippen LogP contribution in [-0.4, -0.2) is 24.6 Å². The fourth-order valence-corrected chi connectivity index (χ4v) is 2.26. The van der Waals surface area contributed by atoms with Crippen LogP contribution in [0, 0.1) is 13.8 Å². The number of thiophene rings is 1. The molecule has 0 saturated carbocycles. The number of aryl methyl sites for hydroxylation is 2. The van der Waals surface area contributed by atoms with Crippen LogP contribution in [0.25, 0.3) is 0 Å². The van der Waals surface area contributed by atoms with Crippen LogP contribution in [0.5, 0.6) is 0 Å². The fourth-order valence-electron chi connectivity index (χ4n) is 1.40. The Morgan fingerprint density at radius 3 is 2.62 bits per heavy atom. The second-order valence-corrected chi connectivity index (χ2v) is 4.05. The van der Waals surface area contributed by atoms with Gasteiger partial charge in [-0.2, -0.15) is 4.58 Å². The van der Waals surface area contributed by atoms with Crippen molar-refractivity contribution in [3.05, 3.63) is 15.8 Å². The number of nitrogens with zero attached hydrogens (tertiary/aromatic N) is 1. The summed E-state index contributed by atoms with van der Waals surface area (Å²) in [6.45, 7) is 6.91. The van der Waals surface area contributed by atoms with Gasteiger partial charge in [-0.25, -0.2) is 0 Å². The van der Waals surface area contributed by atoms with E-state index in [1.54, 1.807) is 18.4 Å². The predicted octanol–water partition coefficient (Wildman–Crippen LogP) is 2.70. The van der Waals surface area contributed by atoms with Crippen LogP contribution in [0.4, 0.5) is 5.69 Å². The van der Waals surface area contributed by atoms with E-state index in [1.807, 2.05) is 13.1 Å².